The van der Waals surface area contributed by atoms with Crippen molar-refractivity contribution in [3.05, 3.63) is 76.8 Å². The van der Waals surface area contributed by atoms with Crippen LogP contribution in [-0.2, 0) is 11.3 Å². The Labute approximate surface area is 149 Å². The van der Waals surface area contributed by atoms with E-state index in [1.54, 1.807) is 41.8 Å². The maximum Gasteiger partial charge on any atom is 0.338 e. The minimum atomic E-state index is -0.533. The number of methoxy groups -OCH3 is 1. The average Bonchev–Trinajstić information content (AvgIpc) is 3.20. The molecule has 6 heteroatoms. The van der Waals surface area contributed by atoms with Crippen molar-refractivity contribution in [2.75, 3.05) is 7.11 Å². The zero-order valence-electron chi connectivity index (χ0n) is 13.6. The van der Waals surface area contributed by atoms with Gasteiger partial charge in [-0.25, -0.2) is 4.79 Å². The zero-order chi connectivity index (χ0) is 17.6. The molecule has 2 aromatic heterocycles. The first kappa shape index (κ1) is 16.9. The molecule has 2 heterocycles. The molecule has 0 radical (unpaired) electrons. The van der Waals surface area contributed by atoms with Gasteiger partial charge in [-0.2, -0.15) is 0 Å². The molecule has 25 heavy (non-hydrogen) atoms. The molecule has 0 fully saturated rings. The van der Waals surface area contributed by atoms with E-state index in [2.05, 4.69) is 10.3 Å². The Morgan fingerprint density at radius 2 is 1.92 bits per heavy atom. The van der Waals surface area contributed by atoms with E-state index in [1.807, 2.05) is 29.6 Å². The number of carbonyl (C=O) groups is 2. The van der Waals surface area contributed by atoms with Gasteiger partial charge in [0.15, 0.2) is 0 Å². The lowest BCUT2D eigenvalue weighted by atomic mass is 10.1. The zero-order valence-corrected chi connectivity index (χ0v) is 14.4. The second kappa shape index (κ2) is 7.72. The summed E-state index contributed by atoms with van der Waals surface area (Å²) >= 11 is 1.61. The number of hydrogen-bond acceptors (Lipinski definition) is 5. The van der Waals surface area contributed by atoms with Crippen molar-refractivity contribution in [1.29, 1.82) is 0 Å². The molecule has 3 rings (SSSR count). The summed E-state index contributed by atoms with van der Waals surface area (Å²) in [5.41, 5.74) is 2.34. The lowest BCUT2D eigenvalue weighted by Gasteiger charge is -2.09. The van der Waals surface area contributed by atoms with E-state index in [9.17, 15) is 9.59 Å². The van der Waals surface area contributed by atoms with E-state index in [4.69, 9.17) is 4.74 Å². The molecule has 0 aliphatic carbocycles. The van der Waals surface area contributed by atoms with E-state index in [1.165, 1.54) is 7.11 Å². The van der Waals surface area contributed by atoms with E-state index in [-0.39, 0.29) is 11.5 Å². The van der Waals surface area contributed by atoms with Crippen LogP contribution in [-0.4, -0.2) is 24.0 Å². The Kier molecular flexibility index (Phi) is 5.20. The molecule has 0 spiro atoms. The SMILES string of the molecule is COC(=O)c1ccccc1C(=O)NCc1ccnc(-c2cccs2)c1. The first-order valence-electron chi connectivity index (χ1n) is 7.63. The Morgan fingerprint density at radius 1 is 1.12 bits per heavy atom. The van der Waals surface area contributed by atoms with Gasteiger partial charge in [-0.1, -0.05) is 18.2 Å². The number of ether oxygens (including phenoxy) is 1. The molecule has 0 unspecified atom stereocenters. The maximum atomic E-state index is 12.4. The van der Waals surface area contributed by atoms with Crippen molar-refractivity contribution in [1.82, 2.24) is 10.3 Å². The summed E-state index contributed by atoms with van der Waals surface area (Å²) in [4.78, 5) is 29.6. The van der Waals surface area contributed by atoms with Crippen molar-refractivity contribution in [3.63, 3.8) is 0 Å². The van der Waals surface area contributed by atoms with Gasteiger partial charge in [0.2, 0.25) is 0 Å². The number of amides is 1. The van der Waals surface area contributed by atoms with E-state index < -0.39 is 5.97 Å². The second-order valence-corrected chi connectivity index (χ2v) is 6.19. The molecule has 126 valence electrons. The highest BCUT2D eigenvalue weighted by Crippen LogP contribution is 2.23. The largest absolute Gasteiger partial charge is 0.465 e. The number of rotatable bonds is 5. The molecule has 1 amide bonds. The molecule has 0 bridgehead atoms. The molecule has 5 nitrogen and oxygen atoms in total. The number of benzene rings is 1. The Morgan fingerprint density at radius 3 is 2.64 bits per heavy atom. The van der Waals surface area contributed by atoms with Gasteiger partial charge in [-0.3, -0.25) is 9.78 Å². The first-order valence-corrected chi connectivity index (χ1v) is 8.51. The van der Waals surface area contributed by atoms with Crippen molar-refractivity contribution in [3.8, 4) is 10.6 Å². The van der Waals surface area contributed by atoms with Crippen molar-refractivity contribution in [2.45, 2.75) is 6.54 Å². The Hall–Kier alpha value is -2.99. The third-order valence-electron chi connectivity index (χ3n) is 3.63. The predicted molar refractivity (Wildman–Crippen MR) is 96.5 cm³/mol. The number of nitrogens with one attached hydrogen (secondary N) is 1. The van der Waals surface area contributed by atoms with Crippen molar-refractivity contribution < 1.29 is 14.3 Å². The van der Waals surface area contributed by atoms with Crippen LogP contribution < -0.4 is 5.32 Å². The smallest absolute Gasteiger partial charge is 0.338 e. The van der Waals surface area contributed by atoms with Crippen LogP contribution in [0.4, 0.5) is 0 Å². The molecule has 0 saturated heterocycles. The summed E-state index contributed by atoms with van der Waals surface area (Å²) in [6.07, 6.45) is 1.72. The lowest BCUT2D eigenvalue weighted by Crippen LogP contribution is -2.25. The van der Waals surface area contributed by atoms with Crippen LogP contribution in [0.25, 0.3) is 10.6 Å². The third-order valence-corrected chi connectivity index (χ3v) is 4.52. The number of aromatic nitrogens is 1. The van der Waals surface area contributed by atoms with Crippen LogP contribution >= 0.6 is 11.3 Å². The van der Waals surface area contributed by atoms with Crippen molar-refractivity contribution >= 4 is 23.2 Å². The summed E-state index contributed by atoms with van der Waals surface area (Å²) in [6.45, 7) is 0.342. The topological polar surface area (TPSA) is 68.3 Å². The van der Waals surface area contributed by atoms with E-state index in [0.29, 0.717) is 12.1 Å². The number of thiophene rings is 1. The molecule has 0 saturated carbocycles. The summed E-state index contributed by atoms with van der Waals surface area (Å²) in [5.74, 6) is -0.856. The van der Waals surface area contributed by atoms with E-state index >= 15 is 0 Å². The Bertz CT molecular complexity index is 891. The lowest BCUT2D eigenvalue weighted by molar-refractivity contribution is 0.0596. The van der Waals surface area contributed by atoms with E-state index in [0.717, 1.165) is 16.1 Å². The molecular weight excluding hydrogens is 336 g/mol. The fourth-order valence-electron chi connectivity index (χ4n) is 2.39. The van der Waals surface area contributed by atoms with Gasteiger partial charge in [-0.15, -0.1) is 11.3 Å². The predicted octanol–water partition coefficient (Wildman–Crippen LogP) is 3.53. The van der Waals surface area contributed by atoms with Crippen molar-refractivity contribution in [2.24, 2.45) is 0 Å². The number of nitrogens with zero attached hydrogens (tertiary/aromatic N) is 1. The minimum Gasteiger partial charge on any atom is -0.465 e. The maximum absolute atomic E-state index is 12.4. The van der Waals surface area contributed by atoms with Gasteiger partial charge in [-0.05, 0) is 41.3 Å². The monoisotopic (exact) mass is 352 g/mol. The molecule has 0 aliphatic rings. The highest BCUT2D eigenvalue weighted by atomic mass is 32.1. The van der Waals surface area contributed by atoms with Crippen LogP contribution in [0, 0.1) is 0 Å². The number of esters is 1. The molecular formula is C19H16N2O3S. The molecule has 1 N–H and O–H groups in total. The number of carbonyl (C=O) groups excluding carboxylic acids is 2. The normalized spacial score (nSPS) is 10.3. The molecule has 0 atom stereocenters. The molecule has 1 aromatic carbocycles. The standard InChI is InChI=1S/C19H16N2O3S/c1-24-19(23)15-6-3-2-5-14(15)18(22)21-12-13-8-9-20-16(11-13)17-7-4-10-25-17/h2-11H,12H2,1H3,(H,21,22). The van der Waals surface area contributed by atoms with Gasteiger partial charge >= 0.3 is 5.97 Å². The molecule has 3 aromatic rings. The highest BCUT2D eigenvalue weighted by molar-refractivity contribution is 7.13. The van der Waals surface area contributed by atoms with Crippen LogP contribution in [0.2, 0.25) is 0 Å². The van der Waals surface area contributed by atoms with Crippen LogP contribution in [0.5, 0.6) is 0 Å². The summed E-state index contributed by atoms with van der Waals surface area (Å²) in [7, 11) is 1.29. The van der Waals surface area contributed by atoms with Gasteiger partial charge in [0.1, 0.15) is 0 Å². The third kappa shape index (κ3) is 3.92. The number of hydrogen-bond donors (Lipinski definition) is 1. The number of pyridine rings is 1. The summed E-state index contributed by atoms with van der Waals surface area (Å²) in [5, 5.41) is 4.83. The van der Waals surface area contributed by atoms with Crippen LogP contribution in [0.3, 0.4) is 0 Å². The second-order valence-electron chi connectivity index (χ2n) is 5.25. The Balaban J connectivity index is 1.73. The van der Waals surface area contributed by atoms with Crippen LogP contribution in [0.1, 0.15) is 26.3 Å². The summed E-state index contributed by atoms with van der Waals surface area (Å²) in [6, 6.07) is 14.3. The summed E-state index contributed by atoms with van der Waals surface area (Å²) < 4.78 is 4.72. The van der Waals surface area contributed by atoms with Gasteiger partial charge in [0, 0.05) is 12.7 Å². The fourth-order valence-corrected chi connectivity index (χ4v) is 3.08. The van der Waals surface area contributed by atoms with Gasteiger partial charge in [0.25, 0.3) is 5.91 Å². The van der Waals surface area contributed by atoms with Gasteiger partial charge in [0.05, 0.1) is 28.8 Å². The van der Waals surface area contributed by atoms with Crippen LogP contribution in [0.15, 0.2) is 60.1 Å². The average molecular weight is 352 g/mol. The molecule has 0 aliphatic heterocycles. The quantitative estimate of drug-likeness (QED) is 0.713. The highest BCUT2D eigenvalue weighted by Gasteiger charge is 2.16. The first-order chi connectivity index (χ1) is 12.2. The fraction of sp³-hybridized carbons (Fsp3) is 0.105. The van der Waals surface area contributed by atoms with Gasteiger partial charge < -0.3 is 10.1 Å². The minimum absolute atomic E-state index is 0.247.